The molecule has 0 radical (unpaired) electrons. The van der Waals surface area contributed by atoms with Crippen LogP contribution < -0.4 is 20.5 Å². The molecule has 0 aliphatic heterocycles. The smallest absolute Gasteiger partial charge is 0.224 e. The highest BCUT2D eigenvalue weighted by molar-refractivity contribution is 5.85. The first-order valence-corrected chi connectivity index (χ1v) is 6.23. The summed E-state index contributed by atoms with van der Waals surface area (Å²) >= 11 is 0. The summed E-state index contributed by atoms with van der Waals surface area (Å²) in [4.78, 5) is 11.8. The fourth-order valence-electron chi connectivity index (χ4n) is 1.60. The molecule has 1 rings (SSSR count). The van der Waals surface area contributed by atoms with E-state index in [1.165, 1.54) is 0 Å². The summed E-state index contributed by atoms with van der Waals surface area (Å²) in [5, 5.41) is 2.85. The van der Waals surface area contributed by atoms with Crippen molar-refractivity contribution < 1.29 is 14.3 Å². The third-order valence-electron chi connectivity index (χ3n) is 3.14. The van der Waals surface area contributed by atoms with E-state index < -0.39 is 0 Å². The number of hydrogen-bond donors (Lipinski definition) is 2. The number of amides is 1. The van der Waals surface area contributed by atoms with E-state index in [0.29, 0.717) is 6.54 Å². The second-order valence-corrected chi connectivity index (χ2v) is 4.54. The normalized spacial score (nSPS) is 12.8. The molecule has 0 fully saturated rings. The van der Waals surface area contributed by atoms with Crippen molar-refractivity contribution >= 4 is 18.3 Å². The first kappa shape index (κ1) is 18.5. The Bertz CT molecular complexity index is 438. The number of nitrogens with one attached hydrogen (secondary N) is 1. The number of hydrogen-bond acceptors (Lipinski definition) is 4. The number of ether oxygens (including phenoxy) is 2. The van der Waals surface area contributed by atoms with Gasteiger partial charge in [0.25, 0.3) is 0 Å². The van der Waals surface area contributed by atoms with Crippen LogP contribution in [0.3, 0.4) is 0 Å². The number of rotatable bonds is 6. The standard InChI is InChI=1S/C14H22N2O3.ClH/c1-9(10(2)15)14(17)16-8-11-7-12(18-3)5-6-13(11)19-4;/h5-7,9-10H,8,15H2,1-4H3,(H,16,17);1H. The third kappa shape index (κ3) is 4.90. The fraction of sp³-hybridized carbons (Fsp3) is 0.500. The molecule has 0 saturated carbocycles. The molecule has 0 heterocycles. The lowest BCUT2D eigenvalue weighted by molar-refractivity contribution is -0.125. The van der Waals surface area contributed by atoms with Gasteiger partial charge in [-0.25, -0.2) is 0 Å². The van der Waals surface area contributed by atoms with Crippen LogP contribution in [0.2, 0.25) is 0 Å². The largest absolute Gasteiger partial charge is 0.497 e. The zero-order valence-electron chi connectivity index (χ0n) is 12.3. The van der Waals surface area contributed by atoms with Crippen LogP contribution in [0.25, 0.3) is 0 Å². The summed E-state index contributed by atoms with van der Waals surface area (Å²) in [5.41, 5.74) is 6.57. The molecule has 3 N–H and O–H groups in total. The van der Waals surface area contributed by atoms with Crippen molar-refractivity contribution in [1.29, 1.82) is 0 Å². The molecule has 0 aliphatic carbocycles. The molecule has 0 spiro atoms. The Morgan fingerprint density at radius 1 is 1.30 bits per heavy atom. The quantitative estimate of drug-likeness (QED) is 0.839. The van der Waals surface area contributed by atoms with Crippen LogP contribution in [-0.2, 0) is 11.3 Å². The summed E-state index contributed by atoms with van der Waals surface area (Å²) in [6.07, 6.45) is 0. The SMILES string of the molecule is COc1ccc(OC)c(CNC(=O)C(C)C(C)N)c1.Cl. The number of halogens is 1. The van der Waals surface area contributed by atoms with Gasteiger partial charge >= 0.3 is 0 Å². The first-order chi connectivity index (χ1) is 8.99. The molecule has 0 saturated heterocycles. The molecular formula is C14H23ClN2O3. The Kier molecular flexibility index (Phi) is 8.03. The topological polar surface area (TPSA) is 73.6 Å². The highest BCUT2D eigenvalue weighted by Gasteiger charge is 2.17. The number of benzene rings is 1. The minimum atomic E-state index is -0.225. The second kappa shape index (κ2) is 8.66. The Balaban J connectivity index is 0.00000361. The van der Waals surface area contributed by atoms with E-state index in [1.54, 1.807) is 14.2 Å². The molecule has 2 unspecified atom stereocenters. The van der Waals surface area contributed by atoms with E-state index in [4.69, 9.17) is 15.2 Å². The van der Waals surface area contributed by atoms with E-state index in [-0.39, 0.29) is 30.3 Å². The van der Waals surface area contributed by atoms with Crippen molar-refractivity contribution in [3.63, 3.8) is 0 Å². The van der Waals surface area contributed by atoms with Crippen LogP contribution in [-0.4, -0.2) is 26.2 Å². The molecule has 0 bridgehead atoms. The third-order valence-corrected chi connectivity index (χ3v) is 3.14. The van der Waals surface area contributed by atoms with Crippen LogP contribution in [0.1, 0.15) is 19.4 Å². The molecule has 6 heteroatoms. The van der Waals surface area contributed by atoms with E-state index in [0.717, 1.165) is 17.1 Å². The average molecular weight is 303 g/mol. The van der Waals surface area contributed by atoms with Gasteiger partial charge in [-0.1, -0.05) is 6.92 Å². The van der Waals surface area contributed by atoms with Crippen LogP contribution in [0.4, 0.5) is 0 Å². The van der Waals surface area contributed by atoms with Gasteiger partial charge in [0.1, 0.15) is 11.5 Å². The minimum absolute atomic E-state index is 0. The maximum Gasteiger partial charge on any atom is 0.224 e. The Hall–Kier alpha value is -1.46. The predicted molar refractivity (Wildman–Crippen MR) is 81.5 cm³/mol. The molecule has 5 nitrogen and oxygen atoms in total. The van der Waals surface area contributed by atoms with Crippen molar-refractivity contribution in [1.82, 2.24) is 5.32 Å². The van der Waals surface area contributed by atoms with Gasteiger partial charge in [-0.05, 0) is 25.1 Å². The first-order valence-electron chi connectivity index (χ1n) is 6.23. The summed E-state index contributed by atoms with van der Waals surface area (Å²) in [6.45, 7) is 4.01. The Morgan fingerprint density at radius 3 is 2.45 bits per heavy atom. The highest BCUT2D eigenvalue weighted by atomic mass is 35.5. The molecule has 1 aromatic rings. The van der Waals surface area contributed by atoms with E-state index in [2.05, 4.69) is 5.32 Å². The predicted octanol–water partition coefficient (Wildman–Crippen LogP) is 1.73. The van der Waals surface area contributed by atoms with Gasteiger partial charge in [-0.15, -0.1) is 12.4 Å². The van der Waals surface area contributed by atoms with Gasteiger partial charge in [-0.2, -0.15) is 0 Å². The van der Waals surface area contributed by atoms with E-state index >= 15 is 0 Å². The van der Waals surface area contributed by atoms with E-state index in [1.807, 2.05) is 32.0 Å². The zero-order chi connectivity index (χ0) is 14.4. The molecule has 20 heavy (non-hydrogen) atoms. The van der Waals surface area contributed by atoms with Gasteiger partial charge in [0.15, 0.2) is 0 Å². The van der Waals surface area contributed by atoms with Crippen LogP contribution in [0, 0.1) is 5.92 Å². The monoisotopic (exact) mass is 302 g/mol. The van der Waals surface area contributed by atoms with Gasteiger partial charge in [0.2, 0.25) is 5.91 Å². The van der Waals surface area contributed by atoms with Gasteiger partial charge in [-0.3, -0.25) is 4.79 Å². The van der Waals surface area contributed by atoms with Crippen molar-refractivity contribution in [2.24, 2.45) is 11.7 Å². The van der Waals surface area contributed by atoms with Crippen molar-refractivity contribution in [3.8, 4) is 11.5 Å². The van der Waals surface area contributed by atoms with Crippen molar-refractivity contribution in [2.45, 2.75) is 26.4 Å². The maximum absolute atomic E-state index is 11.8. The summed E-state index contributed by atoms with van der Waals surface area (Å²) in [5.74, 6) is 1.15. The lowest BCUT2D eigenvalue weighted by atomic mass is 10.0. The minimum Gasteiger partial charge on any atom is -0.497 e. The lowest BCUT2D eigenvalue weighted by Crippen LogP contribution is -2.38. The number of methoxy groups -OCH3 is 2. The van der Waals surface area contributed by atoms with Crippen LogP contribution >= 0.6 is 12.4 Å². The summed E-state index contributed by atoms with van der Waals surface area (Å²) in [7, 11) is 3.19. The van der Waals surface area contributed by atoms with Crippen molar-refractivity contribution in [2.75, 3.05) is 14.2 Å². The lowest BCUT2D eigenvalue weighted by Gasteiger charge is -2.16. The summed E-state index contributed by atoms with van der Waals surface area (Å²) < 4.78 is 10.4. The highest BCUT2D eigenvalue weighted by Crippen LogP contribution is 2.23. The number of nitrogens with two attached hydrogens (primary N) is 1. The Morgan fingerprint density at radius 2 is 1.95 bits per heavy atom. The zero-order valence-corrected chi connectivity index (χ0v) is 13.1. The molecule has 0 aliphatic rings. The van der Waals surface area contributed by atoms with Gasteiger partial charge in [0.05, 0.1) is 14.2 Å². The molecule has 1 aromatic carbocycles. The molecule has 2 atom stereocenters. The van der Waals surface area contributed by atoms with Crippen LogP contribution in [0.5, 0.6) is 11.5 Å². The molecular weight excluding hydrogens is 280 g/mol. The van der Waals surface area contributed by atoms with Crippen molar-refractivity contribution in [3.05, 3.63) is 23.8 Å². The maximum atomic E-state index is 11.8. The number of carbonyl (C=O) groups excluding carboxylic acids is 1. The average Bonchev–Trinajstić information content (AvgIpc) is 2.43. The summed E-state index contributed by atoms with van der Waals surface area (Å²) in [6, 6.07) is 5.30. The molecule has 1 amide bonds. The fourth-order valence-corrected chi connectivity index (χ4v) is 1.60. The van der Waals surface area contributed by atoms with Crippen LogP contribution in [0.15, 0.2) is 18.2 Å². The Labute approximate surface area is 126 Å². The number of carbonyl (C=O) groups is 1. The second-order valence-electron chi connectivity index (χ2n) is 4.54. The van der Waals surface area contributed by atoms with Gasteiger partial charge < -0.3 is 20.5 Å². The van der Waals surface area contributed by atoms with E-state index in [9.17, 15) is 4.79 Å². The van der Waals surface area contributed by atoms with Gasteiger partial charge in [0, 0.05) is 24.1 Å². The molecule has 114 valence electrons. The molecule has 0 aromatic heterocycles.